The fourth-order valence-corrected chi connectivity index (χ4v) is 2.36. The molecule has 0 saturated heterocycles. The molecule has 0 aliphatic rings. The van der Waals surface area contributed by atoms with Crippen LogP contribution in [0.2, 0.25) is 0 Å². The van der Waals surface area contributed by atoms with Gasteiger partial charge in [0.05, 0.1) is 12.0 Å². The van der Waals surface area contributed by atoms with E-state index in [9.17, 15) is 0 Å². The Morgan fingerprint density at radius 2 is 2.05 bits per heavy atom. The average molecular weight is 282 g/mol. The predicted molar refractivity (Wildman–Crippen MR) is 79.5 cm³/mol. The summed E-state index contributed by atoms with van der Waals surface area (Å²) < 4.78 is 7.57. The van der Waals surface area contributed by atoms with E-state index in [-0.39, 0.29) is 12.1 Å². The van der Waals surface area contributed by atoms with Crippen molar-refractivity contribution in [1.29, 1.82) is 0 Å². The van der Waals surface area contributed by atoms with Crippen LogP contribution in [0, 0.1) is 0 Å². The van der Waals surface area contributed by atoms with Gasteiger partial charge < -0.3 is 8.98 Å². The molecule has 0 saturated carbocycles. The molecule has 21 heavy (non-hydrogen) atoms. The van der Waals surface area contributed by atoms with E-state index in [1.54, 1.807) is 18.7 Å². The van der Waals surface area contributed by atoms with Crippen LogP contribution in [0.4, 0.5) is 0 Å². The summed E-state index contributed by atoms with van der Waals surface area (Å²) in [6.07, 6.45) is 7.20. The summed E-state index contributed by atoms with van der Waals surface area (Å²) in [5.74, 6) is 1.75. The minimum absolute atomic E-state index is 0.0815. The van der Waals surface area contributed by atoms with Gasteiger partial charge in [-0.2, -0.15) is 0 Å². The lowest BCUT2D eigenvalue weighted by Gasteiger charge is -2.21. The molecule has 3 aromatic heterocycles. The zero-order valence-corrected chi connectivity index (χ0v) is 12.1. The van der Waals surface area contributed by atoms with Gasteiger partial charge in [-0.25, -0.2) is 4.98 Å². The molecule has 0 amide bonds. The number of imidazole rings is 1. The highest BCUT2D eigenvalue weighted by Gasteiger charge is 2.23. The Labute approximate surface area is 123 Å². The summed E-state index contributed by atoms with van der Waals surface area (Å²) in [7, 11) is 1.98. The van der Waals surface area contributed by atoms with E-state index in [1.165, 1.54) is 0 Å². The SMILES string of the molecule is CC(NC(c1ccco1)c1nccn1C)c1ccccn1. The standard InChI is InChI=1S/C16H18N4O/c1-12(13-6-3-4-8-17-13)19-15(14-7-5-11-21-14)16-18-9-10-20(16)2/h3-12,15,19H,1-2H3. The molecule has 0 bridgehead atoms. The topological polar surface area (TPSA) is 55.9 Å². The van der Waals surface area contributed by atoms with Crippen molar-refractivity contribution in [3.8, 4) is 0 Å². The number of nitrogens with zero attached hydrogens (tertiary/aromatic N) is 3. The molecule has 5 nitrogen and oxygen atoms in total. The average Bonchev–Trinajstić information content (AvgIpc) is 3.17. The van der Waals surface area contributed by atoms with E-state index < -0.39 is 0 Å². The Kier molecular flexibility index (Phi) is 3.83. The van der Waals surface area contributed by atoms with Gasteiger partial charge in [-0.05, 0) is 31.2 Å². The molecule has 5 heteroatoms. The number of hydrogen-bond donors (Lipinski definition) is 1. The Bertz CT molecular complexity index is 675. The highest BCUT2D eigenvalue weighted by atomic mass is 16.3. The van der Waals surface area contributed by atoms with Crippen LogP contribution in [0.1, 0.15) is 36.3 Å². The molecule has 2 unspecified atom stereocenters. The lowest BCUT2D eigenvalue weighted by molar-refractivity contribution is 0.400. The number of aryl methyl sites for hydroxylation is 1. The van der Waals surface area contributed by atoms with Gasteiger partial charge in [0.25, 0.3) is 0 Å². The molecule has 1 N–H and O–H groups in total. The van der Waals surface area contributed by atoms with Gasteiger partial charge in [-0.3, -0.25) is 10.3 Å². The Balaban J connectivity index is 1.89. The zero-order chi connectivity index (χ0) is 14.7. The Hall–Kier alpha value is -2.40. The summed E-state index contributed by atoms with van der Waals surface area (Å²) in [5.41, 5.74) is 0.989. The minimum atomic E-state index is -0.114. The van der Waals surface area contributed by atoms with Crippen molar-refractivity contribution in [3.05, 3.63) is 72.5 Å². The number of furan rings is 1. The fourth-order valence-electron chi connectivity index (χ4n) is 2.36. The molecule has 3 aromatic rings. The lowest BCUT2D eigenvalue weighted by Crippen LogP contribution is -2.28. The van der Waals surface area contributed by atoms with E-state index in [0.717, 1.165) is 17.3 Å². The number of rotatable bonds is 5. The molecule has 0 radical (unpaired) electrons. The van der Waals surface area contributed by atoms with E-state index in [2.05, 4.69) is 22.2 Å². The summed E-state index contributed by atoms with van der Waals surface area (Å²) in [6.45, 7) is 2.08. The third-order valence-electron chi connectivity index (χ3n) is 3.49. The molecule has 0 aliphatic carbocycles. The van der Waals surface area contributed by atoms with Crippen LogP contribution in [-0.2, 0) is 7.05 Å². The maximum absolute atomic E-state index is 5.57. The molecular formula is C16H18N4O. The highest BCUT2D eigenvalue weighted by Crippen LogP contribution is 2.24. The first-order chi connectivity index (χ1) is 10.3. The molecule has 3 heterocycles. The number of hydrogen-bond acceptors (Lipinski definition) is 4. The zero-order valence-electron chi connectivity index (χ0n) is 12.1. The first-order valence-electron chi connectivity index (χ1n) is 6.93. The van der Waals surface area contributed by atoms with Crippen LogP contribution in [0.15, 0.2) is 59.6 Å². The molecule has 0 aromatic carbocycles. The summed E-state index contributed by atoms with van der Waals surface area (Å²) >= 11 is 0. The monoisotopic (exact) mass is 282 g/mol. The number of aromatic nitrogens is 3. The number of pyridine rings is 1. The maximum atomic E-state index is 5.57. The van der Waals surface area contributed by atoms with E-state index in [0.29, 0.717) is 0 Å². The van der Waals surface area contributed by atoms with Crippen molar-refractivity contribution in [2.45, 2.75) is 19.0 Å². The van der Waals surface area contributed by atoms with Gasteiger partial charge in [-0.15, -0.1) is 0 Å². The molecule has 2 atom stereocenters. The van der Waals surface area contributed by atoms with Crippen molar-refractivity contribution in [2.24, 2.45) is 7.05 Å². The van der Waals surface area contributed by atoms with Gasteiger partial charge in [0.15, 0.2) is 0 Å². The van der Waals surface area contributed by atoms with Gasteiger partial charge in [0.2, 0.25) is 0 Å². The second-order valence-corrected chi connectivity index (χ2v) is 4.99. The smallest absolute Gasteiger partial charge is 0.133 e. The Morgan fingerprint density at radius 1 is 1.14 bits per heavy atom. The molecule has 0 aliphatic heterocycles. The highest BCUT2D eigenvalue weighted by molar-refractivity contribution is 5.18. The van der Waals surface area contributed by atoms with Gasteiger partial charge in [0, 0.05) is 31.7 Å². The molecular weight excluding hydrogens is 264 g/mol. The first kappa shape index (κ1) is 13.6. The van der Waals surface area contributed by atoms with Crippen molar-refractivity contribution >= 4 is 0 Å². The minimum Gasteiger partial charge on any atom is -0.467 e. The van der Waals surface area contributed by atoms with Crippen molar-refractivity contribution in [3.63, 3.8) is 0 Å². The lowest BCUT2D eigenvalue weighted by atomic mass is 10.1. The van der Waals surface area contributed by atoms with Crippen molar-refractivity contribution in [1.82, 2.24) is 19.9 Å². The quantitative estimate of drug-likeness (QED) is 0.782. The number of nitrogens with one attached hydrogen (secondary N) is 1. The van der Waals surface area contributed by atoms with Crippen LogP contribution < -0.4 is 5.32 Å². The second kappa shape index (κ2) is 5.93. The molecule has 108 valence electrons. The van der Waals surface area contributed by atoms with Crippen LogP contribution in [0.25, 0.3) is 0 Å². The largest absolute Gasteiger partial charge is 0.467 e. The van der Waals surface area contributed by atoms with E-state index in [1.807, 2.05) is 48.1 Å². The normalized spacial score (nSPS) is 14.0. The summed E-state index contributed by atoms with van der Waals surface area (Å²) in [6, 6.07) is 9.72. The van der Waals surface area contributed by atoms with E-state index >= 15 is 0 Å². The van der Waals surface area contributed by atoms with Gasteiger partial charge in [0.1, 0.15) is 17.6 Å². The van der Waals surface area contributed by atoms with Gasteiger partial charge in [-0.1, -0.05) is 6.07 Å². The van der Waals surface area contributed by atoms with Crippen molar-refractivity contribution in [2.75, 3.05) is 0 Å². The summed E-state index contributed by atoms with van der Waals surface area (Å²) in [5, 5.41) is 3.54. The Morgan fingerprint density at radius 3 is 2.67 bits per heavy atom. The first-order valence-corrected chi connectivity index (χ1v) is 6.93. The van der Waals surface area contributed by atoms with Crippen LogP contribution in [0.3, 0.4) is 0 Å². The van der Waals surface area contributed by atoms with Gasteiger partial charge >= 0.3 is 0 Å². The maximum Gasteiger partial charge on any atom is 0.133 e. The van der Waals surface area contributed by atoms with Crippen LogP contribution >= 0.6 is 0 Å². The predicted octanol–water partition coefficient (Wildman–Crippen LogP) is 2.85. The molecule has 3 rings (SSSR count). The third kappa shape index (κ3) is 2.87. The molecule has 0 spiro atoms. The van der Waals surface area contributed by atoms with Crippen molar-refractivity contribution < 1.29 is 4.42 Å². The van der Waals surface area contributed by atoms with Crippen LogP contribution in [0.5, 0.6) is 0 Å². The second-order valence-electron chi connectivity index (χ2n) is 4.99. The summed E-state index contributed by atoms with van der Waals surface area (Å²) in [4.78, 5) is 8.84. The third-order valence-corrected chi connectivity index (χ3v) is 3.49. The van der Waals surface area contributed by atoms with Crippen LogP contribution in [-0.4, -0.2) is 14.5 Å². The molecule has 0 fully saturated rings. The van der Waals surface area contributed by atoms with E-state index in [4.69, 9.17) is 4.42 Å². The fraction of sp³-hybridized carbons (Fsp3) is 0.250.